The number of carbonyl (C=O) groups is 4. The lowest BCUT2D eigenvalue weighted by Gasteiger charge is -2.43. The zero-order valence-corrected chi connectivity index (χ0v) is 16.1. The van der Waals surface area contributed by atoms with Crippen LogP contribution < -0.4 is 11.1 Å². The molecule has 8 heteroatoms. The second-order valence-electron chi connectivity index (χ2n) is 8.80. The second-order valence-corrected chi connectivity index (χ2v) is 8.80. The monoisotopic (exact) mass is 396 g/mol. The van der Waals surface area contributed by atoms with E-state index >= 15 is 0 Å². The van der Waals surface area contributed by atoms with Crippen molar-refractivity contribution in [3.8, 4) is 0 Å². The van der Waals surface area contributed by atoms with Gasteiger partial charge in [0.05, 0.1) is 11.1 Å². The molecule has 29 heavy (non-hydrogen) atoms. The third-order valence-corrected chi connectivity index (χ3v) is 7.19. The van der Waals surface area contributed by atoms with Gasteiger partial charge in [0.15, 0.2) is 0 Å². The number of hydrogen-bond donors (Lipinski definition) is 2. The molecule has 4 aliphatic rings. The molecule has 152 valence electrons. The number of carbonyl (C=O) groups excluding carboxylic acids is 4. The highest BCUT2D eigenvalue weighted by Gasteiger charge is 2.51. The molecule has 4 amide bonds. The minimum absolute atomic E-state index is 0.119. The molecule has 3 atom stereocenters. The first-order valence-corrected chi connectivity index (χ1v) is 10.2. The van der Waals surface area contributed by atoms with Crippen LogP contribution in [-0.2, 0) is 16.1 Å². The van der Waals surface area contributed by atoms with Crippen LogP contribution in [0.2, 0.25) is 0 Å². The number of hydrogen-bond acceptors (Lipinski definition) is 6. The summed E-state index contributed by atoms with van der Waals surface area (Å²) in [4.78, 5) is 52.7. The molecule has 1 aromatic rings. The Kier molecular flexibility index (Phi) is 4.11. The highest BCUT2D eigenvalue weighted by atomic mass is 16.2. The van der Waals surface area contributed by atoms with Crippen LogP contribution in [0.1, 0.15) is 52.0 Å². The number of benzene rings is 1. The van der Waals surface area contributed by atoms with Gasteiger partial charge < -0.3 is 5.73 Å². The molecule has 2 saturated heterocycles. The molecule has 0 bridgehead atoms. The maximum Gasteiger partial charge on any atom is 0.262 e. The van der Waals surface area contributed by atoms with E-state index < -0.39 is 23.8 Å². The van der Waals surface area contributed by atoms with Gasteiger partial charge in [-0.2, -0.15) is 0 Å². The van der Waals surface area contributed by atoms with Crippen molar-refractivity contribution in [3.05, 3.63) is 34.9 Å². The summed E-state index contributed by atoms with van der Waals surface area (Å²) < 4.78 is 0. The number of rotatable bonds is 4. The van der Waals surface area contributed by atoms with Gasteiger partial charge in [-0.15, -0.1) is 0 Å². The standard InChI is InChI=1S/C21H24N4O4/c22-10-21-6-5-13(21)9-24(11-21)8-12-1-2-14-15(7-12)20(29)25(19(14)28)16-3-4-17(26)23-18(16)27/h1-2,7,13,16H,3-6,8-11,22H2,(H,23,26,27)/t13-,16?,21-/m0/s1. The summed E-state index contributed by atoms with van der Waals surface area (Å²) in [6.07, 6.45) is 2.70. The Balaban J connectivity index is 1.35. The number of nitrogens with zero attached hydrogens (tertiary/aromatic N) is 2. The average Bonchev–Trinajstić information content (AvgIpc) is 3.07. The molecule has 0 aromatic heterocycles. The maximum absolute atomic E-state index is 12.9. The predicted octanol–water partition coefficient (Wildman–Crippen LogP) is 0.259. The fourth-order valence-electron chi connectivity index (χ4n) is 5.40. The molecular weight excluding hydrogens is 372 g/mol. The van der Waals surface area contributed by atoms with Crippen molar-refractivity contribution < 1.29 is 19.2 Å². The van der Waals surface area contributed by atoms with Crippen molar-refractivity contribution in [2.24, 2.45) is 17.1 Å². The third kappa shape index (κ3) is 2.73. The van der Waals surface area contributed by atoms with Gasteiger partial charge in [0, 0.05) is 26.1 Å². The Labute approximate surface area is 168 Å². The van der Waals surface area contributed by atoms with Gasteiger partial charge in [-0.3, -0.25) is 34.3 Å². The molecule has 8 nitrogen and oxygen atoms in total. The number of likely N-dealkylation sites (tertiary alicyclic amines) is 1. The smallest absolute Gasteiger partial charge is 0.262 e. The fourth-order valence-corrected chi connectivity index (χ4v) is 5.40. The van der Waals surface area contributed by atoms with Gasteiger partial charge >= 0.3 is 0 Å². The van der Waals surface area contributed by atoms with Gasteiger partial charge in [-0.05, 0) is 54.8 Å². The zero-order valence-electron chi connectivity index (χ0n) is 16.1. The van der Waals surface area contributed by atoms with E-state index in [1.165, 1.54) is 12.8 Å². The van der Waals surface area contributed by atoms with Gasteiger partial charge in [-0.1, -0.05) is 6.07 Å². The summed E-state index contributed by atoms with van der Waals surface area (Å²) in [6, 6.07) is 4.41. The number of nitrogens with two attached hydrogens (primary N) is 1. The summed E-state index contributed by atoms with van der Waals surface area (Å²) in [5.74, 6) is -1.22. The average molecular weight is 396 g/mol. The van der Waals surface area contributed by atoms with Crippen molar-refractivity contribution in [3.63, 3.8) is 0 Å². The predicted molar refractivity (Wildman–Crippen MR) is 103 cm³/mol. The molecule has 3 N–H and O–H groups in total. The number of fused-ring (bicyclic) bond motifs is 2. The molecular formula is C21H24N4O4. The Bertz CT molecular complexity index is 941. The van der Waals surface area contributed by atoms with E-state index in [-0.39, 0.29) is 24.2 Å². The Morgan fingerprint density at radius 3 is 2.55 bits per heavy atom. The van der Waals surface area contributed by atoms with E-state index in [1.54, 1.807) is 12.1 Å². The SMILES string of the molecule is NC[C@]12CC[C@H]1CN(Cc1ccc3c(c1)C(=O)N(C1CCC(=O)NC1=O)C3=O)C2. The lowest BCUT2D eigenvalue weighted by molar-refractivity contribution is -0.136. The van der Waals surface area contributed by atoms with Crippen molar-refractivity contribution in [2.45, 2.75) is 38.3 Å². The maximum atomic E-state index is 12.9. The second kappa shape index (κ2) is 6.47. The van der Waals surface area contributed by atoms with Crippen molar-refractivity contribution in [2.75, 3.05) is 19.6 Å². The summed E-state index contributed by atoms with van der Waals surface area (Å²) in [6.45, 7) is 3.42. The van der Waals surface area contributed by atoms with Crippen LogP contribution in [0.3, 0.4) is 0 Å². The van der Waals surface area contributed by atoms with E-state index in [1.807, 2.05) is 6.07 Å². The molecule has 1 aliphatic carbocycles. The van der Waals surface area contributed by atoms with Crippen LogP contribution in [0.15, 0.2) is 18.2 Å². The van der Waals surface area contributed by atoms with Crippen LogP contribution >= 0.6 is 0 Å². The number of nitrogens with one attached hydrogen (secondary N) is 1. The van der Waals surface area contributed by atoms with Crippen LogP contribution in [0.4, 0.5) is 0 Å². The first kappa shape index (κ1) is 18.4. The Morgan fingerprint density at radius 2 is 1.90 bits per heavy atom. The van der Waals surface area contributed by atoms with Gasteiger partial charge in [0.25, 0.3) is 11.8 Å². The molecule has 0 spiro atoms. The van der Waals surface area contributed by atoms with Crippen LogP contribution in [0, 0.1) is 11.3 Å². The van der Waals surface area contributed by atoms with Gasteiger partial charge in [0.2, 0.25) is 11.8 Å². The van der Waals surface area contributed by atoms with E-state index in [0.29, 0.717) is 30.1 Å². The summed E-state index contributed by atoms with van der Waals surface area (Å²) in [7, 11) is 0. The first-order valence-electron chi connectivity index (χ1n) is 10.2. The normalized spacial score (nSPS) is 31.6. The van der Waals surface area contributed by atoms with Crippen molar-refractivity contribution in [1.82, 2.24) is 15.1 Å². The first-order chi connectivity index (χ1) is 13.9. The number of imide groups is 2. The zero-order chi connectivity index (χ0) is 20.3. The highest BCUT2D eigenvalue weighted by molar-refractivity contribution is 6.23. The summed E-state index contributed by atoms with van der Waals surface area (Å²) in [5.41, 5.74) is 7.90. The van der Waals surface area contributed by atoms with Crippen LogP contribution in [-0.4, -0.2) is 59.1 Å². The Morgan fingerprint density at radius 1 is 1.10 bits per heavy atom. The van der Waals surface area contributed by atoms with Gasteiger partial charge in [-0.25, -0.2) is 0 Å². The number of piperidine rings is 1. The van der Waals surface area contributed by atoms with Crippen molar-refractivity contribution >= 4 is 23.6 Å². The quantitative estimate of drug-likeness (QED) is 0.706. The highest BCUT2D eigenvalue weighted by Crippen LogP contribution is 2.51. The topological polar surface area (TPSA) is 113 Å². The minimum atomic E-state index is -0.929. The van der Waals surface area contributed by atoms with Crippen molar-refractivity contribution in [1.29, 1.82) is 0 Å². The molecule has 3 fully saturated rings. The third-order valence-electron chi connectivity index (χ3n) is 7.19. The van der Waals surface area contributed by atoms with Gasteiger partial charge in [0.1, 0.15) is 6.04 Å². The molecule has 1 unspecified atom stereocenters. The summed E-state index contributed by atoms with van der Waals surface area (Å²) in [5, 5.41) is 2.22. The lowest BCUT2D eigenvalue weighted by Crippen LogP contribution is -2.54. The molecule has 3 heterocycles. The minimum Gasteiger partial charge on any atom is -0.330 e. The Hall–Kier alpha value is -2.58. The van der Waals surface area contributed by atoms with E-state index in [2.05, 4.69) is 10.2 Å². The molecule has 5 rings (SSSR count). The summed E-state index contributed by atoms with van der Waals surface area (Å²) >= 11 is 0. The molecule has 1 saturated carbocycles. The lowest BCUT2D eigenvalue weighted by atomic mass is 9.62. The van der Waals surface area contributed by atoms with E-state index in [0.717, 1.165) is 23.6 Å². The molecule has 3 aliphatic heterocycles. The molecule has 0 radical (unpaired) electrons. The van der Waals surface area contributed by atoms with Crippen LogP contribution in [0.25, 0.3) is 0 Å². The molecule has 1 aromatic carbocycles. The largest absolute Gasteiger partial charge is 0.330 e. The fraction of sp³-hybridized carbons (Fsp3) is 0.524. The van der Waals surface area contributed by atoms with E-state index in [4.69, 9.17) is 5.73 Å². The van der Waals surface area contributed by atoms with E-state index in [9.17, 15) is 19.2 Å². The number of amides is 4. The van der Waals surface area contributed by atoms with Crippen LogP contribution in [0.5, 0.6) is 0 Å².